The topological polar surface area (TPSA) is 67.5 Å². The Morgan fingerprint density at radius 3 is 2.56 bits per heavy atom. The highest BCUT2D eigenvalue weighted by atomic mass is 16.3. The summed E-state index contributed by atoms with van der Waals surface area (Å²) in [6, 6.07) is 2.30. The Bertz CT molecular complexity index is 283. The highest BCUT2D eigenvalue weighted by molar-refractivity contribution is 5.06. The molecule has 0 aliphatic carbocycles. The van der Waals surface area contributed by atoms with Gasteiger partial charge in [-0.2, -0.15) is 5.26 Å². The molecule has 1 rings (SSSR count). The molecular formula is C12H20N2O2. The average molecular weight is 224 g/mol. The van der Waals surface area contributed by atoms with Crippen LogP contribution >= 0.6 is 0 Å². The Hall–Kier alpha value is -0.890. The minimum Gasteiger partial charge on any atom is -0.389 e. The molecule has 4 atom stereocenters. The molecule has 0 aromatic heterocycles. The van der Waals surface area contributed by atoms with Gasteiger partial charge in [0.2, 0.25) is 0 Å². The van der Waals surface area contributed by atoms with Crippen LogP contribution in [0.3, 0.4) is 0 Å². The maximum Gasteiger partial charge on any atom is 0.0913 e. The minimum absolute atomic E-state index is 0.124. The minimum atomic E-state index is -0.801. The fourth-order valence-electron chi connectivity index (χ4n) is 2.17. The molecular weight excluding hydrogens is 204 g/mol. The predicted octanol–water partition coefficient (Wildman–Crippen LogP) is 0.518. The van der Waals surface area contributed by atoms with Gasteiger partial charge in [-0.1, -0.05) is 12.2 Å². The first kappa shape index (κ1) is 13.2. The number of likely N-dealkylation sites (tertiary alicyclic amines) is 1. The van der Waals surface area contributed by atoms with Crippen molar-refractivity contribution < 1.29 is 10.2 Å². The molecule has 0 aromatic rings. The van der Waals surface area contributed by atoms with Crippen LogP contribution < -0.4 is 0 Å². The van der Waals surface area contributed by atoms with Crippen molar-refractivity contribution in [2.45, 2.75) is 38.0 Å². The Morgan fingerprint density at radius 1 is 1.44 bits per heavy atom. The van der Waals surface area contributed by atoms with Gasteiger partial charge in [-0.15, -0.1) is 0 Å². The molecule has 1 aliphatic heterocycles. The lowest BCUT2D eigenvalue weighted by molar-refractivity contribution is 0.123. The van der Waals surface area contributed by atoms with Crippen LogP contribution in [0.4, 0.5) is 0 Å². The fraction of sp³-hybridized carbons (Fsp3) is 0.750. The second-order valence-electron chi connectivity index (χ2n) is 4.46. The number of hydrogen-bond acceptors (Lipinski definition) is 4. The van der Waals surface area contributed by atoms with Crippen molar-refractivity contribution in [2.75, 3.05) is 13.6 Å². The summed E-state index contributed by atoms with van der Waals surface area (Å²) in [5, 5.41) is 28.1. The monoisotopic (exact) mass is 224 g/mol. The Balaban J connectivity index is 2.63. The molecule has 90 valence electrons. The number of aliphatic hydroxyl groups is 2. The molecule has 0 saturated carbocycles. The molecule has 3 unspecified atom stereocenters. The lowest BCUT2D eigenvalue weighted by Gasteiger charge is -2.26. The standard InChI is InChI=1S/C12H20N2O2/c1-9(15)5-6-12(16)10(8-13)11-4-3-7-14(11)2/h5-6,9-12,15-16H,3-4,7H2,1-2H3/b6-5+/t9?,10?,11-,12?/m0/s1. The van der Waals surface area contributed by atoms with E-state index in [1.54, 1.807) is 6.92 Å². The Morgan fingerprint density at radius 2 is 2.12 bits per heavy atom. The van der Waals surface area contributed by atoms with E-state index in [1.165, 1.54) is 12.2 Å². The zero-order valence-corrected chi connectivity index (χ0v) is 9.87. The third-order valence-electron chi connectivity index (χ3n) is 3.10. The van der Waals surface area contributed by atoms with Crippen LogP contribution in [0.2, 0.25) is 0 Å². The lowest BCUT2D eigenvalue weighted by atomic mass is 9.93. The summed E-state index contributed by atoms with van der Waals surface area (Å²) in [5.41, 5.74) is 0. The molecule has 1 saturated heterocycles. The molecule has 2 N–H and O–H groups in total. The molecule has 4 heteroatoms. The fourth-order valence-corrected chi connectivity index (χ4v) is 2.17. The molecule has 1 heterocycles. The molecule has 0 aromatic carbocycles. The largest absolute Gasteiger partial charge is 0.389 e. The second kappa shape index (κ2) is 6.00. The second-order valence-corrected chi connectivity index (χ2v) is 4.46. The maximum absolute atomic E-state index is 9.89. The predicted molar refractivity (Wildman–Crippen MR) is 61.6 cm³/mol. The highest BCUT2D eigenvalue weighted by Crippen LogP contribution is 2.24. The number of hydrogen-bond donors (Lipinski definition) is 2. The quantitative estimate of drug-likeness (QED) is 0.683. The lowest BCUT2D eigenvalue weighted by Crippen LogP contribution is -2.37. The van der Waals surface area contributed by atoms with Gasteiger partial charge in [0.05, 0.1) is 24.2 Å². The van der Waals surface area contributed by atoms with E-state index in [1.807, 2.05) is 7.05 Å². The molecule has 0 bridgehead atoms. The van der Waals surface area contributed by atoms with Gasteiger partial charge >= 0.3 is 0 Å². The van der Waals surface area contributed by atoms with Crippen molar-refractivity contribution in [3.05, 3.63) is 12.2 Å². The van der Waals surface area contributed by atoms with Gasteiger partial charge in [0, 0.05) is 6.04 Å². The highest BCUT2D eigenvalue weighted by Gasteiger charge is 2.32. The third kappa shape index (κ3) is 3.31. The first-order chi connectivity index (χ1) is 7.56. The summed E-state index contributed by atoms with van der Waals surface area (Å²) in [6.45, 7) is 2.60. The van der Waals surface area contributed by atoms with Gasteiger partial charge in [-0.3, -0.25) is 0 Å². The zero-order chi connectivity index (χ0) is 12.1. The normalized spacial score (nSPS) is 27.8. The van der Waals surface area contributed by atoms with Crippen molar-refractivity contribution in [3.8, 4) is 6.07 Å². The molecule has 1 aliphatic rings. The number of nitriles is 1. The van der Waals surface area contributed by atoms with E-state index in [-0.39, 0.29) is 6.04 Å². The molecule has 0 spiro atoms. The zero-order valence-electron chi connectivity index (χ0n) is 9.87. The van der Waals surface area contributed by atoms with E-state index in [0.717, 1.165) is 19.4 Å². The maximum atomic E-state index is 9.89. The van der Waals surface area contributed by atoms with E-state index >= 15 is 0 Å². The van der Waals surface area contributed by atoms with Crippen LogP contribution in [0, 0.1) is 17.2 Å². The summed E-state index contributed by atoms with van der Waals surface area (Å²) in [5.74, 6) is -0.414. The average Bonchev–Trinajstić information content (AvgIpc) is 2.63. The molecule has 1 fully saturated rings. The van der Waals surface area contributed by atoms with E-state index in [9.17, 15) is 5.11 Å². The third-order valence-corrected chi connectivity index (χ3v) is 3.10. The van der Waals surface area contributed by atoms with Crippen LogP contribution in [0.25, 0.3) is 0 Å². The first-order valence-corrected chi connectivity index (χ1v) is 5.70. The van der Waals surface area contributed by atoms with Gasteiger partial charge in [-0.25, -0.2) is 0 Å². The van der Waals surface area contributed by atoms with Crippen molar-refractivity contribution in [2.24, 2.45) is 5.92 Å². The smallest absolute Gasteiger partial charge is 0.0913 e. The van der Waals surface area contributed by atoms with Gasteiger partial charge in [-0.05, 0) is 33.4 Å². The van der Waals surface area contributed by atoms with E-state index in [4.69, 9.17) is 10.4 Å². The summed E-state index contributed by atoms with van der Waals surface area (Å²) in [4.78, 5) is 2.12. The van der Waals surface area contributed by atoms with Gasteiger partial charge in [0.25, 0.3) is 0 Å². The SMILES string of the molecule is CC(O)/C=C/C(O)C(C#N)[C@@H]1CCCN1C. The Labute approximate surface area is 96.8 Å². The van der Waals surface area contributed by atoms with Crippen molar-refractivity contribution >= 4 is 0 Å². The van der Waals surface area contributed by atoms with E-state index in [0.29, 0.717) is 0 Å². The van der Waals surface area contributed by atoms with Gasteiger partial charge < -0.3 is 15.1 Å². The molecule has 4 nitrogen and oxygen atoms in total. The Kier molecular flexibility index (Phi) is 4.94. The molecule has 16 heavy (non-hydrogen) atoms. The number of aliphatic hydroxyl groups excluding tert-OH is 2. The van der Waals surface area contributed by atoms with Crippen LogP contribution in [0.15, 0.2) is 12.2 Å². The van der Waals surface area contributed by atoms with Crippen LogP contribution in [-0.4, -0.2) is 47.0 Å². The van der Waals surface area contributed by atoms with Crippen molar-refractivity contribution in [1.82, 2.24) is 4.90 Å². The number of nitrogens with zero attached hydrogens (tertiary/aromatic N) is 2. The van der Waals surface area contributed by atoms with Crippen molar-refractivity contribution in [3.63, 3.8) is 0 Å². The van der Waals surface area contributed by atoms with Crippen molar-refractivity contribution in [1.29, 1.82) is 5.26 Å². The van der Waals surface area contributed by atoms with Crippen LogP contribution in [0.5, 0.6) is 0 Å². The summed E-state index contributed by atoms with van der Waals surface area (Å²) in [6.07, 6.45) is 3.68. The first-order valence-electron chi connectivity index (χ1n) is 5.70. The van der Waals surface area contributed by atoms with Crippen LogP contribution in [-0.2, 0) is 0 Å². The molecule has 0 radical (unpaired) electrons. The van der Waals surface area contributed by atoms with Gasteiger partial charge in [0.15, 0.2) is 0 Å². The van der Waals surface area contributed by atoms with E-state index in [2.05, 4.69) is 11.0 Å². The summed E-state index contributed by atoms with van der Waals surface area (Å²) >= 11 is 0. The van der Waals surface area contributed by atoms with Crippen LogP contribution in [0.1, 0.15) is 19.8 Å². The number of rotatable bonds is 4. The molecule has 0 amide bonds. The van der Waals surface area contributed by atoms with Gasteiger partial charge in [0.1, 0.15) is 0 Å². The summed E-state index contributed by atoms with van der Waals surface area (Å²) < 4.78 is 0. The summed E-state index contributed by atoms with van der Waals surface area (Å²) in [7, 11) is 1.98. The van der Waals surface area contributed by atoms with E-state index < -0.39 is 18.1 Å².